The van der Waals surface area contributed by atoms with Crippen molar-refractivity contribution in [1.29, 1.82) is 0 Å². The summed E-state index contributed by atoms with van der Waals surface area (Å²) < 4.78 is 1.54. The molecule has 122 valence electrons. The molecule has 0 aromatic carbocycles. The van der Waals surface area contributed by atoms with Crippen LogP contribution < -0.4 is 5.32 Å². The van der Waals surface area contributed by atoms with Gasteiger partial charge in [-0.2, -0.15) is 4.98 Å². The molecule has 2 aromatic heterocycles. The highest BCUT2D eigenvalue weighted by Gasteiger charge is 2.26. The maximum absolute atomic E-state index is 11.4. The number of hydrogen-bond acceptors (Lipinski definition) is 6. The minimum atomic E-state index is -0.447. The standard InChI is InChI=1S/C15H20N6O2/c1-10-5-3-4-6-12(10)18-15-17-11(2)13(21(22)23)14(19-15)20-8-7-16-9-20/h7-10,12H,3-6H2,1-2H3,(H,17,18,19)/t10-,12?/m1/s1. The predicted octanol–water partition coefficient (Wildman–Crippen LogP) is 2.87. The van der Waals surface area contributed by atoms with Crippen molar-refractivity contribution < 1.29 is 4.92 Å². The van der Waals surface area contributed by atoms with Crippen molar-refractivity contribution in [2.45, 2.75) is 45.6 Å². The lowest BCUT2D eigenvalue weighted by atomic mass is 9.86. The first-order valence-electron chi connectivity index (χ1n) is 7.84. The van der Waals surface area contributed by atoms with Gasteiger partial charge in [0.05, 0.1) is 4.92 Å². The second-order valence-corrected chi connectivity index (χ2v) is 6.04. The lowest BCUT2D eigenvalue weighted by Crippen LogP contribution is -2.31. The molecule has 1 fully saturated rings. The van der Waals surface area contributed by atoms with Crippen LogP contribution >= 0.6 is 0 Å². The van der Waals surface area contributed by atoms with E-state index in [0.29, 0.717) is 23.6 Å². The van der Waals surface area contributed by atoms with Crippen molar-refractivity contribution in [1.82, 2.24) is 19.5 Å². The molecule has 2 heterocycles. The molecule has 0 saturated heterocycles. The van der Waals surface area contributed by atoms with E-state index in [9.17, 15) is 10.1 Å². The SMILES string of the molecule is Cc1nc(NC2CCCC[C@H]2C)nc(-n2ccnc2)c1[N+](=O)[O-]. The predicted molar refractivity (Wildman–Crippen MR) is 85.6 cm³/mol. The number of nitro groups is 1. The maximum atomic E-state index is 11.4. The third kappa shape index (κ3) is 3.15. The van der Waals surface area contributed by atoms with Crippen LogP contribution in [0, 0.1) is 23.0 Å². The molecular weight excluding hydrogens is 296 g/mol. The average Bonchev–Trinajstić information content (AvgIpc) is 3.03. The van der Waals surface area contributed by atoms with Gasteiger partial charge in [0.1, 0.15) is 12.0 Å². The van der Waals surface area contributed by atoms with Crippen molar-refractivity contribution in [3.8, 4) is 5.82 Å². The molecule has 3 rings (SSSR count). The lowest BCUT2D eigenvalue weighted by molar-refractivity contribution is -0.385. The first kappa shape index (κ1) is 15.4. The average molecular weight is 316 g/mol. The Labute approximate surface area is 134 Å². The highest BCUT2D eigenvalue weighted by atomic mass is 16.6. The Morgan fingerprint density at radius 2 is 2.13 bits per heavy atom. The van der Waals surface area contributed by atoms with Crippen molar-refractivity contribution in [2.24, 2.45) is 5.92 Å². The van der Waals surface area contributed by atoms with Gasteiger partial charge in [-0.15, -0.1) is 0 Å². The number of nitrogens with zero attached hydrogens (tertiary/aromatic N) is 5. The van der Waals surface area contributed by atoms with E-state index in [1.54, 1.807) is 23.9 Å². The number of aryl methyl sites for hydroxylation is 1. The second kappa shape index (κ2) is 6.31. The Hall–Kier alpha value is -2.51. The summed E-state index contributed by atoms with van der Waals surface area (Å²) in [4.78, 5) is 23.5. The van der Waals surface area contributed by atoms with Crippen molar-refractivity contribution in [2.75, 3.05) is 5.32 Å². The summed E-state index contributed by atoms with van der Waals surface area (Å²) in [5.41, 5.74) is 0.255. The summed E-state index contributed by atoms with van der Waals surface area (Å²) in [6.07, 6.45) is 9.39. The molecule has 23 heavy (non-hydrogen) atoms. The van der Waals surface area contributed by atoms with Crippen LogP contribution in [-0.4, -0.2) is 30.5 Å². The van der Waals surface area contributed by atoms with Crippen molar-refractivity contribution in [3.05, 3.63) is 34.5 Å². The normalized spacial score (nSPS) is 21.1. The Kier molecular flexibility index (Phi) is 4.22. The Morgan fingerprint density at radius 3 is 2.78 bits per heavy atom. The molecule has 0 aliphatic heterocycles. The number of anilines is 1. The molecule has 1 N–H and O–H groups in total. The fourth-order valence-corrected chi connectivity index (χ4v) is 3.09. The molecule has 1 saturated carbocycles. The van der Waals surface area contributed by atoms with Gasteiger partial charge in [-0.25, -0.2) is 9.97 Å². The van der Waals surface area contributed by atoms with E-state index in [1.165, 1.54) is 25.6 Å². The molecule has 0 spiro atoms. The first-order chi connectivity index (χ1) is 11.1. The lowest BCUT2D eigenvalue weighted by Gasteiger charge is -2.29. The third-order valence-corrected chi connectivity index (χ3v) is 4.40. The Bertz CT molecular complexity index is 700. The first-order valence-corrected chi connectivity index (χ1v) is 7.84. The fourth-order valence-electron chi connectivity index (χ4n) is 3.09. The molecule has 1 unspecified atom stereocenters. The maximum Gasteiger partial charge on any atom is 0.333 e. The van der Waals surface area contributed by atoms with Gasteiger partial charge >= 0.3 is 5.69 Å². The summed E-state index contributed by atoms with van der Waals surface area (Å²) >= 11 is 0. The van der Waals surface area contributed by atoms with Gasteiger partial charge in [-0.1, -0.05) is 19.8 Å². The molecule has 2 atom stereocenters. The van der Waals surface area contributed by atoms with Gasteiger partial charge in [0.15, 0.2) is 0 Å². The molecule has 0 amide bonds. The van der Waals surface area contributed by atoms with Crippen LogP contribution in [0.25, 0.3) is 5.82 Å². The van der Waals surface area contributed by atoms with Crippen LogP contribution in [-0.2, 0) is 0 Å². The third-order valence-electron chi connectivity index (χ3n) is 4.40. The summed E-state index contributed by atoms with van der Waals surface area (Å²) in [6, 6.07) is 0.306. The van der Waals surface area contributed by atoms with Gasteiger partial charge in [-0.3, -0.25) is 14.7 Å². The van der Waals surface area contributed by atoms with E-state index in [-0.39, 0.29) is 11.5 Å². The monoisotopic (exact) mass is 316 g/mol. The topological polar surface area (TPSA) is 98.8 Å². The molecule has 0 bridgehead atoms. The van der Waals surface area contributed by atoms with Gasteiger partial charge < -0.3 is 5.32 Å². The molecule has 8 heteroatoms. The Balaban J connectivity index is 1.97. The zero-order valence-corrected chi connectivity index (χ0v) is 13.3. The number of rotatable bonds is 4. The second-order valence-electron chi connectivity index (χ2n) is 6.04. The number of hydrogen-bond donors (Lipinski definition) is 1. The van der Waals surface area contributed by atoms with E-state index in [4.69, 9.17) is 0 Å². The van der Waals surface area contributed by atoms with Gasteiger partial charge in [-0.05, 0) is 25.7 Å². The minimum absolute atomic E-state index is 0.0924. The fraction of sp³-hybridized carbons (Fsp3) is 0.533. The molecule has 1 aliphatic carbocycles. The minimum Gasteiger partial charge on any atom is -0.351 e. The molecule has 1 aliphatic rings. The summed E-state index contributed by atoms with van der Waals surface area (Å²) in [5, 5.41) is 14.7. The number of nitrogens with one attached hydrogen (secondary N) is 1. The van der Waals surface area contributed by atoms with Crippen molar-refractivity contribution in [3.63, 3.8) is 0 Å². The summed E-state index contributed by atoms with van der Waals surface area (Å²) in [6.45, 7) is 3.85. The largest absolute Gasteiger partial charge is 0.351 e. The van der Waals surface area contributed by atoms with Crippen LogP contribution in [0.3, 0.4) is 0 Å². The van der Waals surface area contributed by atoms with Crippen LogP contribution in [0.5, 0.6) is 0 Å². The quantitative estimate of drug-likeness (QED) is 0.688. The molecular formula is C15H20N6O2. The van der Waals surface area contributed by atoms with Gasteiger partial charge in [0.25, 0.3) is 0 Å². The zero-order chi connectivity index (χ0) is 16.4. The smallest absolute Gasteiger partial charge is 0.333 e. The highest BCUT2D eigenvalue weighted by molar-refractivity contribution is 5.53. The van der Waals surface area contributed by atoms with Crippen LogP contribution in [0.4, 0.5) is 11.6 Å². The van der Waals surface area contributed by atoms with E-state index < -0.39 is 4.92 Å². The van der Waals surface area contributed by atoms with Gasteiger partial charge in [0.2, 0.25) is 11.8 Å². The summed E-state index contributed by atoms with van der Waals surface area (Å²) in [5.74, 6) is 1.22. The van der Waals surface area contributed by atoms with Crippen LogP contribution in [0.2, 0.25) is 0 Å². The van der Waals surface area contributed by atoms with E-state index in [2.05, 4.69) is 27.2 Å². The van der Waals surface area contributed by atoms with Crippen LogP contribution in [0.15, 0.2) is 18.7 Å². The zero-order valence-electron chi connectivity index (χ0n) is 13.3. The van der Waals surface area contributed by atoms with Crippen LogP contribution in [0.1, 0.15) is 38.3 Å². The molecule has 2 aromatic rings. The van der Waals surface area contributed by atoms with Crippen molar-refractivity contribution >= 4 is 11.6 Å². The Morgan fingerprint density at radius 1 is 1.35 bits per heavy atom. The number of aromatic nitrogens is 4. The molecule has 0 radical (unpaired) electrons. The highest BCUT2D eigenvalue weighted by Crippen LogP contribution is 2.29. The van der Waals surface area contributed by atoms with Gasteiger partial charge in [0, 0.05) is 18.4 Å². The number of imidazole rings is 1. The van der Waals surface area contributed by atoms with E-state index in [0.717, 1.165) is 6.42 Å². The van der Waals surface area contributed by atoms with E-state index >= 15 is 0 Å². The molecule has 8 nitrogen and oxygen atoms in total. The van der Waals surface area contributed by atoms with E-state index in [1.807, 2.05) is 0 Å². The summed E-state index contributed by atoms with van der Waals surface area (Å²) in [7, 11) is 0.